The first kappa shape index (κ1) is 48.6. The van der Waals surface area contributed by atoms with Crippen LogP contribution in [0.4, 0.5) is 34.1 Å². The fourth-order valence-electron chi connectivity index (χ4n) is 12.5. The molecule has 3 heterocycles. The van der Waals surface area contributed by atoms with E-state index in [1.165, 1.54) is 134 Å². The SMILES string of the molecule is Cc1c(C)c(C)c2c(c1C)Cc1c(C)c(C)c(C)c(C)c1N2c1ccccc1-c1cc(-c2nc(-c3ccccc3)nc(-c3ccccc3)n2)ccc1N1c2c(C)c(C)c(C)c(C)c2Cc2c(C)c(C)c(C)c(C)c21. The first-order valence-electron chi connectivity index (χ1n) is 26.5. The van der Waals surface area contributed by atoms with Gasteiger partial charge in [0.15, 0.2) is 17.5 Å². The normalized spacial score (nSPS) is 12.7. The Labute approximate surface area is 440 Å². The lowest BCUT2D eigenvalue weighted by molar-refractivity contribution is 0.994. The van der Waals surface area contributed by atoms with E-state index in [1.807, 2.05) is 36.4 Å². The Balaban J connectivity index is 1.29. The Kier molecular flexibility index (Phi) is 11.9. The number of rotatable bonds is 6. The van der Waals surface area contributed by atoms with Gasteiger partial charge in [-0.05, 0) is 246 Å². The van der Waals surface area contributed by atoms with Gasteiger partial charge >= 0.3 is 0 Å². The third kappa shape index (κ3) is 7.28. The zero-order chi connectivity index (χ0) is 52.3. The Morgan fingerprint density at radius 2 is 0.568 bits per heavy atom. The zero-order valence-corrected chi connectivity index (χ0v) is 46.5. The van der Waals surface area contributed by atoms with Gasteiger partial charge in [0, 0.05) is 40.7 Å². The minimum Gasteiger partial charge on any atom is -0.309 e. The van der Waals surface area contributed by atoms with E-state index in [1.54, 1.807) is 0 Å². The lowest BCUT2D eigenvalue weighted by atomic mass is 9.80. The number of aromatic nitrogens is 3. The van der Waals surface area contributed by atoms with Crippen molar-refractivity contribution in [2.24, 2.45) is 0 Å². The number of anilines is 6. The lowest BCUT2D eigenvalue weighted by Gasteiger charge is -2.42. The predicted molar refractivity (Wildman–Crippen MR) is 312 cm³/mol. The predicted octanol–water partition coefficient (Wildman–Crippen LogP) is 18.2. The van der Waals surface area contributed by atoms with E-state index in [0.717, 1.165) is 52.0 Å². The number of benzene rings is 8. The van der Waals surface area contributed by atoms with Crippen molar-refractivity contribution in [1.82, 2.24) is 15.0 Å². The molecular formula is C69H69N5. The second-order valence-corrected chi connectivity index (χ2v) is 21.6. The molecule has 74 heavy (non-hydrogen) atoms. The minimum atomic E-state index is 0.628. The van der Waals surface area contributed by atoms with Crippen molar-refractivity contribution in [2.75, 3.05) is 9.80 Å². The van der Waals surface area contributed by atoms with Crippen LogP contribution in [0.15, 0.2) is 103 Å². The fourth-order valence-corrected chi connectivity index (χ4v) is 12.5. The molecule has 370 valence electrons. The van der Waals surface area contributed by atoms with E-state index in [0.29, 0.717) is 17.5 Å². The summed E-state index contributed by atoms with van der Waals surface area (Å²) in [5, 5.41) is 0. The van der Waals surface area contributed by atoms with Gasteiger partial charge in [-0.25, -0.2) is 15.0 Å². The first-order chi connectivity index (χ1) is 35.4. The van der Waals surface area contributed by atoms with Crippen molar-refractivity contribution in [2.45, 2.75) is 124 Å². The van der Waals surface area contributed by atoms with Gasteiger partial charge in [-0.15, -0.1) is 0 Å². The molecule has 0 atom stereocenters. The highest BCUT2D eigenvalue weighted by atomic mass is 15.2. The third-order valence-corrected chi connectivity index (χ3v) is 18.4. The maximum absolute atomic E-state index is 5.35. The molecule has 1 aromatic heterocycles. The summed E-state index contributed by atoms with van der Waals surface area (Å²) in [7, 11) is 0. The summed E-state index contributed by atoms with van der Waals surface area (Å²) in [5.74, 6) is 1.91. The van der Waals surface area contributed by atoms with Crippen LogP contribution in [0, 0.1) is 111 Å². The summed E-state index contributed by atoms with van der Waals surface area (Å²) in [6.45, 7) is 37.2. The summed E-state index contributed by atoms with van der Waals surface area (Å²) in [4.78, 5) is 21.1. The monoisotopic (exact) mass is 968 g/mol. The molecule has 0 fully saturated rings. The van der Waals surface area contributed by atoms with Crippen molar-refractivity contribution in [1.29, 1.82) is 0 Å². The molecule has 8 aromatic carbocycles. The van der Waals surface area contributed by atoms with Crippen molar-refractivity contribution >= 4 is 34.1 Å². The second kappa shape index (κ2) is 18.1. The van der Waals surface area contributed by atoms with E-state index < -0.39 is 0 Å². The molecule has 9 aromatic rings. The molecule has 0 saturated heterocycles. The van der Waals surface area contributed by atoms with E-state index in [4.69, 9.17) is 15.0 Å². The van der Waals surface area contributed by atoms with Crippen LogP contribution < -0.4 is 9.80 Å². The largest absolute Gasteiger partial charge is 0.309 e. The van der Waals surface area contributed by atoms with Crippen LogP contribution in [0.1, 0.15) is 111 Å². The third-order valence-electron chi connectivity index (χ3n) is 18.4. The summed E-state index contributed by atoms with van der Waals surface area (Å²) >= 11 is 0. The average molecular weight is 968 g/mol. The fraction of sp³-hybridized carbons (Fsp3) is 0.261. The van der Waals surface area contributed by atoms with Gasteiger partial charge in [-0.3, -0.25) is 0 Å². The van der Waals surface area contributed by atoms with Gasteiger partial charge in [0.1, 0.15) is 0 Å². The molecule has 0 spiro atoms. The molecule has 5 heteroatoms. The summed E-state index contributed by atoms with van der Waals surface area (Å²) in [5.41, 5.74) is 39.8. The van der Waals surface area contributed by atoms with Gasteiger partial charge < -0.3 is 9.80 Å². The molecule has 2 aliphatic heterocycles. The smallest absolute Gasteiger partial charge is 0.164 e. The van der Waals surface area contributed by atoms with Crippen LogP contribution in [0.2, 0.25) is 0 Å². The Bertz CT molecular complexity index is 3640. The molecule has 0 bridgehead atoms. The van der Waals surface area contributed by atoms with Crippen molar-refractivity contribution < 1.29 is 0 Å². The number of hydrogen-bond acceptors (Lipinski definition) is 5. The molecule has 0 N–H and O–H groups in total. The highest BCUT2D eigenvalue weighted by molar-refractivity contribution is 6.02. The molecule has 11 rings (SSSR count). The van der Waals surface area contributed by atoms with E-state index in [2.05, 4.69) is 187 Å². The Morgan fingerprint density at radius 1 is 0.270 bits per heavy atom. The van der Waals surface area contributed by atoms with Crippen LogP contribution in [-0.2, 0) is 12.8 Å². The van der Waals surface area contributed by atoms with Gasteiger partial charge in [-0.1, -0.05) is 78.9 Å². The van der Waals surface area contributed by atoms with Gasteiger partial charge in [0.25, 0.3) is 0 Å². The van der Waals surface area contributed by atoms with Crippen molar-refractivity contribution in [3.8, 4) is 45.3 Å². The van der Waals surface area contributed by atoms with Gasteiger partial charge in [-0.2, -0.15) is 0 Å². The molecule has 0 radical (unpaired) electrons. The Hall–Kier alpha value is -7.63. The van der Waals surface area contributed by atoms with Crippen molar-refractivity contribution in [3.05, 3.63) is 214 Å². The van der Waals surface area contributed by atoms with Crippen LogP contribution in [0.3, 0.4) is 0 Å². The summed E-state index contributed by atoms with van der Waals surface area (Å²) in [6.07, 6.45) is 1.78. The van der Waals surface area contributed by atoms with Gasteiger partial charge in [0.2, 0.25) is 0 Å². The van der Waals surface area contributed by atoms with Crippen LogP contribution in [0.25, 0.3) is 45.3 Å². The number of para-hydroxylation sites is 1. The summed E-state index contributed by atoms with van der Waals surface area (Å²) in [6, 6.07) is 36.8. The molecule has 5 nitrogen and oxygen atoms in total. The average Bonchev–Trinajstić information content (AvgIpc) is 3.44. The van der Waals surface area contributed by atoms with Crippen LogP contribution in [-0.4, -0.2) is 15.0 Å². The molecule has 0 amide bonds. The quantitative estimate of drug-likeness (QED) is 0.166. The first-order valence-corrected chi connectivity index (χ1v) is 26.5. The highest BCUT2D eigenvalue weighted by Crippen LogP contribution is 2.57. The molecule has 2 aliphatic rings. The van der Waals surface area contributed by atoms with Crippen molar-refractivity contribution in [3.63, 3.8) is 0 Å². The van der Waals surface area contributed by atoms with E-state index >= 15 is 0 Å². The lowest BCUT2D eigenvalue weighted by Crippen LogP contribution is -2.26. The zero-order valence-electron chi connectivity index (χ0n) is 46.5. The van der Waals surface area contributed by atoms with Crippen LogP contribution >= 0.6 is 0 Å². The Morgan fingerprint density at radius 3 is 0.932 bits per heavy atom. The second-order valence-electron chi connectivity index (χ2n) is 21.6. The van der Waals surface area contributed by atoms with Crippen LogP contribution in [0.5, 0.6) is 0 Å². The van der Waals surface area contributed by atoms with E-state index in [-0.39, 0.29) is 0 Å². The minimum absolute atomic E-state index is 0.628. The topological polar surface area (TPSA) is 45.2 Å². The molecule has 0 saturated carbocycles. The number of hydrogen-bond donors (Lipinski definition) is 0. The highest BCUT2D eigenvalue weighted by Gasteiger charge is 2.37. The van der Waals surface area contributed by atoms with Gasteiger partial charge in [0.05, 0.1) is 34.1 Å². The molecule has 0 aliphatic carbocycles. The number of fused-ring (bicyclic) bond motifs is 4. The molecular weight excluding hydrogens is 899 g/mol. The standard InChI is InChI=1S/C69H69N5/c1-36-40(5)48(13)63-56(44(36)9)34-57-45(10)37(2)41(6)49(14)64(57)73(63)61-30-24-23-29-55(61)60-33-54(69-71-67(52-25-19-17-20-26-52)70-68(72-69)53-27-21-18-22-28-53)31-32-62(60)74-65-50(15)42(7)38(3)46(11)58(65)35-59-47(12)39(4)43(8)51(16)66(59)74/h17-33H,34-35H2,1-16H3. The molecule has 0 unspecified atom stereocenters. The summed E-state index contributed by atoms with van der Waals surface area (Å²) < 4.78 is 0. The number of nitrogens with zero attached hydrogens (tertiary/aromatic N) is 5. The maximum atomic E-state index is 5.35. The van der Waals surface area contributed by atoms with E-state index in [9.17, 15) is 0 Å². The maximum Gasteiger partial charge on any atom is 0.164 e.